The van der Waals surface area contributed by atoms with Crippen LogP contribution < -0.4 is 0 Å². The van der Waals surface area contributed by atoms with Crippen LogP contribution in [0, 0.1) is 6.92 Å². The molecule has 19 heavy (non-hydrogen) atoms. The monoisotopic (exact) mass is 329 g/mol. The molecular weight excluding hydrogens is 315 g/mol. The third kappa shape index (κ3) is 3.49. The summed E-state index contributed by atoms with van der Waals surface area (Å²) in [5.41, 5.74) is 3.16. The Bertz CT molecular complexity index is 585. The van der Waals surface area contributed by atoms with Crippen LogP contribution in [0.15, 0.2) is 36.4 Å². The molecule has 4 heteroatoms. The zero-order chi connectivity index (χ0) is 13.1. The topological polar surface area (TPSA) is 39.1 Å². The van der Waals surface area contributed by atoms with Crippen molar-refractivity contribution in [1.82, 2.24) is 4.57 Å². The molecule has 1 aromatic carbocycles. The minimum Gasteiger partial charge on any atom is -0.541 e. The van der Waals surface area contributed by atoms with Crippen molar-refractivity contribution >= 4 is 12.1 Å². The Morgan fingerprint density at radius 2 is 1.79 bits per heavy atom. The van der Waals surface area contributed by atoms with E-state index in [1.165, 1.54) is 0 Å². The van der Waals surface area contributed by atoms with Crippen molar-refractivity contribution in [3.8, 4) is 0 Å². The normalized spacial score (nSPS) is 9.79. The van der Waals surface area contributed by atoms with E-state index in [0.29, 0.717) is 11.3 Å². The number of aryl methyl sites for hydroxylation is 1. The minimum atomic E-state index is -0.0327. The molecule has 0 unspecified atom stereocenters. The second kappa shape index (κ2) is 6.92. The molecule has 1 heterocycles. The number of hydrogen-bond acceptors (Lipinski definition) is 2. The zero-order valence-corrected chi connectivity index (χ0v) is 13.9. The van der Waals surface area contributed by atoms with Crippen molar-refractivity contribution in [3.63, 3.8) is 0 Å². The molecule has 0 aliphatic rings. The Balaban J connectivity index is 0.00000180. The molecule has 2 rings (SSSR count). The molecule has 0 atom stereocenters. The van der Waals surface area contributed by atoms with Crippen molar-refractivity contribution in [1.29, 1.82) is 0 Å². The van der Waals surface area contributed by atoms with Gasteiger partial charge in [-0.25, -0.2) is 0 Å². The summed E-state index contributed by atoms with van der Waals surface area (Å²) in [6.07, 6.45) is 2.05. The van der Waals surface area contributed by atoms with E-state index in [1.807, 2.05) is 37.5 Å². The number of nitrogens with zero attached hydrogens (tertiary/aromatic N) is 1. The number of carbonyl (C=O) groups is 1. The molecule has 0 N–H and O–H groups in total. The van der Waals surface area contributed by atoms with Crippen LogP contribution in [-0.4, -0.2) is 16.6 Å². The maximum absolute atomic E-state index is 12.3. The molecule has 0 aliphatic heterocycles. The summed E-state index contributed by atoms with van der Waals surface area (Å²) in [5, 5.41) is 0. The molecule has 0 aliphatic carbocycles. The number of carbonyl (C=O) groups excluding carboxylic acids is 2. The van der Waals surface area contributed by atoms with E-state index in [2.05, 4.69) is 0 Å². The summed E-state index contributed by atoms with van der Waals surface area (Å²) in [6.45, 7) is 1.98. The quantitative estimate of drug-likeness (QED) is 0.637. The molecular formula is C15H14NO2Y-. The first-order valence-corrected chi connectivity index (χ1v) is 5.74. The van der Waals surface area contributed by atoms with Gasteiger partial charge < -0.3 is 9.36 Å². The third-order valence-electron chi connectivity index (χ3n) is 3.03. The molecule has 2 aromatic rings. The van der Waals surface area contributed by atoms with E-state index in [9.17, 15) is 9.59 Å². The predicted octanol–water partition coefficient (Wildman–Crippen LogP) is 2.21. The number of aromatic nitrogens is 1. The first-order chi connectivity index (χ1) is 8.63. The predicted molar refractivity (Wildman–Crippen MR) is 69.4 cm³/mol. The molecule has 0 spiro atoms. The maximum Gasteiger partial charge on any atom is 0.209 e. The van der Waals surface area contributed by atoms with Crippen LogP contribution in [0.5, 0.6) is 0 Å². The Morgan fingerprint density at radius 1 is 1.16 bits per heavy atom. The van der Waals surface area contributed by atoms with E-state index in [0.717, 1.165) is 11.3 Å². The molecule has 0 fully saturated rings. The fourth-order valence-corrected chi connectivity index (χ4v) is 1.89. The fourth-order valence-electron chi connectivity index (χ4n) is 1.89. The van der Waals surface area contributed by atoms with Crippen LogP contribution >= 0.6 is 0 Å². The Hall–Kier alpha value is -1.06. The van der Waals surface area contributed by atoms with Crippen LogP contribution in [-0.2, 0) is 51.0 Å². The van der Waals surface area contributed by atoms with Gasteiger partial charge in [0.2, 0.25) is 5.78 Å². The van der Waals surface area contributed by atoms with Crippen molar-refractivity contribution in [2.24, 2.45) is 7.05 Å². The smallest absolute Gasteiger partial charge is 0.209 e. The SMILES string of the molecule is Cc1ccc(C(=O)c2ccc(C[C-]=O)n2C)cc1.[Y]. The molecule has 1 aromatic heterocycles. The number of rotatable bonds is 4. The summed E-state index contributed by atoms with van der Waals surface area (Å²) in [5.74, 6) is -0.0327. The van der Waals surface area contributed by atoms with E-state index in [4.69, 9.17) is 0 Å². The summed E-state index contributed by atoms with van der Waals surface area (Å²) in [6, 6.07) is 11.0. The van der Waals surface area contributed by atoms with Gasteiger partial charge >= 0.3 is 0 Å². The molecule has 3 nitrogen and oxygen atoms in total. The van der Waals surface area contributed by atoms with E-state index < -0.39 is 0 Å². The average Bonchev–Trinajstić information content (AvgIpc) is 2.72. The first kappa shape index (κ1) is 16.0. The first-order valence-electron chi connectivity index (χ1n) is 5.74. The zero-order valence-electron chi connectivity index (χ0n) is 11.0. The van der Waals surface area contributed by atoms with Crippen molar-refractivity contribution < 1.29 is 42.3 Å². The maximum atomic E-state index is 12.3. The minimum absolute atomic E-state index is 0. The van der Waals surface area contributed by atoms with Crippen molar-refractivity contribution in [3.05, 3.63) is 58.9 Å². The summed E-state index contributed by atoms with van der Waals surface area (Å²) in [4.78, 5) is 22.7. The third-order valence-corrected chi connectivity index (χ3v) is 3.03. The molecule has 95 valence electrons. The van der Waals surface area contributed by atoms with E-state index in [-0.39, 0.29) is 44.9 Å². The summed E-state index contributed by atoms with van der Waals surface area (Å²) < 4.78 is 1.74. The number of ketones is 1. The Kier molecular flexibility index (Phi) is 5.83. The average molecular weight is 329 g/mol. The van der Waals surface area contributed by atoms with Gasteiger partial charge in [-0.1, -0.05) is 29.8 Å². The standard InChI is InChI=1S/C15H14NO2.Y/c1-11-3-5-12(6-4-11)15(18)14-8-7-13(9-10-17)16(14)2;/h3-8H,9H2,1-2H3;/q-1;. The molecule has 0 amide bonds. The van der Waals surface area contributed by atoms with E-state index >= 15 is 0 Å². The van der Waals surface area contributed by atoms with Crippen LogP contribution in [0.25, 0.3) is 0 Å². The van der Waals surface area contributed by atoms with Crippen LogP contribution in [0.3, 0.4) is 0 Å². The fraction of sp³-hybridized carbons (Fsp3) is 0.200. The molecule has 0 saturated carbocycles. The van der Waals surface area contributed by atoms with Crippen molar-refractivity contribution in [2.75, 3.05) is 0 Å². The van der Waals surface area contributed by atoms with Gasteiger partial charge in [-0.05, 0) is 24.8 Å². The molecule has 1 radical (unpaired) electrons. The summed E-state index contributed by atoms with van der Waals surface area (Å²) >= 11 is 0. The van der Waals surface area contributed by atoms with Gasteiger partial charge in [-0.2, -0.15) is 0 Å². The number of hydrogen-bond donors (Lipinski definition) is 0. The Morgan fingerprint density at radius 3 is 2.37 bits per heavy atom. The van der Waals surface area contributed by atoms with Crippen LogP contribution in [0.1, 0.15) is 27.3 Å². The van der Waals surface area contributed by atoms with Gasteiger partial charge in [0.05, 0.1) is 5.69 Å². The van der Waals surface area contributed by atoms with Crippen LogP contribution in [0.2, 0.25) is 0 Å². The molecule has 0 bridgehead atoms. The van der Waals surface area contributed by atoms with Gasteiger partial charge in [-0.3, -0.25) is 11.1 Å². The van der Waals surface area contributed by atoms with Gasteiger partial charge in [0.25, 0.3) is 0 Å². The van der Waals surface area contributed by atoms with Crippen LogP contribution in [0.4, 0.5) is 0 Å². The largest absolute Gasteiger partial charge is 0.541 e. The number of benzene rings is 1. The molecule has 0 saturated heterocycles. The second-order valence-electron chi connectivity index (χ2n) is 4.29. The van der Waals surface area contributed by atoms with Crippen molar-refractivity contribution in [2.45, 2.75) is 13.3 Å². The van der Waals surface area contributed by atoms with Gasteiger partial charge in [0, 0.05) is 45.3 Å². The van der Waals surface area contributed by atoms with E-state index in [1.54, 1.807) is 23.7 Å². The van der Waals surface area contributed by atoms with Gasteiger partial charge in [0.1, 0.15) is 0 Å². The Labute approximate surface area is 137 Å². The van der Waals surface area contributed by atoms with Gasteiger partial charge in [0.15, 0.2) is 0 Å². The van der Waals surface area contributed by atoms with Gasteiger partial charge in [-0.15, -0.1) is 6.42 Å². The summed E-state index contributed by atoms with van der Waals surface area (Å²) in [7, 11) is 1.79. The second-order valence-corrected chi connectivity index (χ2v) is 4.29.